The van der Waals surface area contributed by atoms with E-state index in [9.17, 15) is 4.79 Å². The van der Waals surface area contributed by atoms with Crippen LogP contribution in [0.5, 0.6) is 0 Å². The first kappa shape index (κ1) is 14.2. The highest BCUT2D eigenvalue weighted by molar-refractivity contribution is 9.10. The number of carbonyl (C=O) groups is 1. The zero-order valence-corrected chi connectivity index (χ0v) is 11.9. The lowest BCUT2D eigenvalue weighted by molar-refractivity contribution is -0.146. The van der Waals surface area contributed by atoms with Gasteiger partial charge in [-0.15, -0.1) is 0 Å². The van der Waals surface area contributed by atoms with E-state index in [0.717, 1.165) is 4.47 Å². The number of rotatable bonds is 6. The van der Waals surface area contributed by atoms with Crippen molar-refractivity contribution >= 4 is 21.9 Å². The predicted molar refractivity (Wildman–Crippen MR) is 68.6 cm³/mol. The summed E-state index contributed by atoms with van der Waals surface area (Å²) in [4.78, 5) is 11.8. The van der Waals surface area contributed by atoms with Gasteiger partial charge in [-0.2, -0.15) is 5.10 Å². The summed E-state index contributed by atoms with van der Waals surface area (Å²) in [6.45, 7) is 6.63. The molecule has 0 saturated carbocycles. The number of carbonyl (C=O) groups excluding carboxylic acids is 1. The molecule has 0 spiro atoms. The summed E-state index contributed by atoms with van der Waals surface area (Å²) in [5.74, 6) is -0.243. The first-order chi connectivity index (χ1) is 8.02. The summed E-state index contributed by atoms with van der Waals surface area (Å²) >= 11 is 3.32. The highest BCUT2D eigenvalue weighted by Crippen LogP contribution is 2.07. The van der Waals surface area contributed by atoms with Gasteiger partial charge in [-0.25, -0.2) is 0 Å². The molecule has 1 atom stereocenters. The molecule has 1 aromatic heterocycles. The van der Waals surface area contributed by atoms with Crippen LogP contribution in [0, 0.1) is 0 Å². The van der Waals surface area contributed by atoms with Gasteiger partial charge in [0.1, 0.15) is 6.04 Å². The van der Waals surface area contributed by atoms with Crippen LogP contribution >= 0.6 is 15.9 Å². The average molecular weight is 304 g/mol. The maximum absolute atomic E-state index is 11.8. The average Bonchev–Trinajstić information content (AvgIpc) is 2.63. The molecule has 0 aliphatic heterocycles. The Labute approximate surface area is 110 Å². The number of ether oxygens (including phenoxy) is 1. The van der Waals surface area contributed by atoms with Crippen molar-refractivity contribution in [3.63, 3.8) is 0 Å². The number of nitrogens with zero attached hydrogens (tertiary/aromatic N) is 2. The molecule has 1 rings (SSSR count). The molecule has 0 saturated heterocycles. The fraction of sp³-hybridized carbons (Fsp3) is 0.636. The van der Waals surface area contributed by atoms with Crippen molar-refractivity contribution < 1.29 is 9.53 Å². The fourth-order valence-corrected chi connectivity index (χ4v) is 1.79. The van der Waals surface area contributed by atoms with Crippen molar-refractivity contribution in [2.75, 3.05) is 6.61 Å². The summed E-state index contributed by atoms with van der Waals surface area (Å²) in [6, 6.07) is -0.162. The minimum absolute atomic E-state index is 0.211. The third-order valence-corrected chi connectivity index (χ3v) is 2.49. The first-order valence-electron chi connectivity index (χ1n) is 5.63. The van der Waals surface area contributed by atoms with Crippen LogP contribution in [0.25, 0.3) is 0 Å². The van der Waals surface area contributed by atoms with Gasteiger partial charge in [0, 0.05) is 12.2 Å². The molecule has 0 fully saturated rings. The summed E-state index contributed by atoms with van der Waals surface area (Å²) < 4.78 is 7.63. The van der Waals surface area contributed by atoms with Crippen LogP contribution in [0.1, 0.15) is 20.8 Å². The summed E-state index contributed by atoms with van der Waals surface area (Å²) in [7, 11) is 0. The quantitative estimate of drug-likeness (QED) is 0.811. The van der Waals surface area contributed by atoms with Crippen LogP contribution in [-0.4, -0.2) is 34.4 Å². The minimum Gasteiger partial charge on any atom is -0.465 e. The SMILES string of the molecule is CCOC(=O)C(Cn1cc(Br)cn1)NC(C)C. The van der Waals surface area contributed by atoms with Gasteiger partial charge >= 0.3 is 5.97 Å². The van der Waals surface area contributed by atoms with Crippen molar-refractivity contribution in [2.24, 2.45) is 0 Å². The van der Waals surface area contributed by atoms with Crippen LogP contribution < -0.4 is 5.32 Å². The highest BCUT2D eigenvalue weighted by Gasteiger charge is 2.21. The molecule has 0 aliphatic rings. The van der Waals surface area contributed by atoms with Gasteiger partial charge in [0.2, 0.25) is 0 Å². The van der Waals surface area contributed by atoms with Crippen molar-refractivity contribution in [3.05, 3.63) is 16.9 Å². The van der Waals surface area contributed by atoms with Gasteiger partial charge in [0.25, 0.3) is 0 Å². The maximum atomic E-state index is 11.8. The van der Waals surface area contributed by atoms with Crippen LogP contribution in [0.15, 0.2) is 16.9 Å². The number of nitrogens with one attached hydrogen (secondary N) is 1. The molecule has 1 N–H and O–H groups in total. The molecule has 0 amide bonds. The Hall–Kier alpha value is -0.880. The number of hydrogen-bond donors (Lipinski definition) is 1. The summed E-state index contributed by atoms with van der Waals surface area (Å²) in [5.41, 5.74) is 0. The Bertz CT molecular complexity index is 365. The molecule has 1 aromatic rings. The first-order valence-corrected chi connectivity index (χ1v) is 6.42. The van der Waals surface area contributed by atoms with E-state index in [1.54, 1.807) is 17.8 Å². The summed E-state index contributed by atoms with van der Waals surface area (Å²) in [5, 5.41) is 7.30. The molecule has 0 bridgehead atoms. The fourth-order valence-electron chi connectivity index (χ4n) is 1.47. The van der Waals surface area contributed by atoms with E-state index < -0.39 is 0 Å². The molecule has 6 heteroatoms. The van der Waals surface area contributed by atoms with Gasteiger partial charge in [0.05, 0.1) is 23.8 Å². The maximum Gasteiger partial charge on any atom is 0.325 e. The van der Waals surface area contributed by atoms with Crippen LogP contribution in [-0.2, 0) is 16.1 Å². The minimum atomic E-state index is -0.373. The molecular formula is C11H18BrN3O2. The zero-order valence-electron chi connectivity index (χ0n) is 10.3. The van der Waals surface area contributed by atoms with Crippen molar-refractivity contribution in [3.8, 4) is 0 Å². The molecule has 1 unspecified atom stereocenters. The number of halogens is 1. The van der Waals surface area contributed by atoms with Gasteiger partial charge in [-0.05, 0) is 22.9 Å². The molecule has 1 heterocycles. The van der Waals surface area contributed by atoms with Crippen molar-refractivity contribution in [1.82, 2.24) is 15.1 Å². The second kappa shape index (κ2) is 6.76. The van der Waals surface area contributed by atoms with E-state index in [4.69, 9.17) is 4.74 Å². The summed E-state index contributed by atoms with van der Waals surface area (Å²) in [6.07, 6.45) is 3.52. The van der Waals surface area contributed by atoms with Gasteiger partial charge in [-0.1, -0.05) is 13.8 Å². The molecule has 0 aromatic carbocycles. The zero-order chi connectivity index (χ0) is 12.8. The molecule has 5 nitrogen and oxygen atoms in total. The lowest BCUT2D eigenvalue weighted by Crippen LogP contribution is -2.44. The Kier molecular flexibility index (Phi) is 5.64. The highest BCUT2D eigenvalue weighted by atomic mass is 79.9. The van der Waals surface area contributed by atoms with Crippen molar-refractivity contribution in [2.45, 2.75) is 39.4 Å². The Morgan fingerprint density at radius 2 is 2.35 bits per heavy atom. The topological polar surface area (TPSA) is 56.2 Å². The smallest absolute Gasteiger partial charge is 0.325 e. The largest absolute Gasteiger partial charge is 0.465 e. The van der Waals surface area contributed by atoms with Gasteiger partial charge in [-0.3, -0.25) is 9.48 Å². The third-order valence-electron chi connectivity index (χ3n) is 2.08. The standard InChI is InChI=1S/C11H18BrN3O2/c1-4-17-11(16)10(14-8(2)3)7-15-6-9(12)5-13-15/h5-6,8,10,14H,4,7H2,1-3H3. The predicted octanol–water partition coefficient (Wildman–Crippen LogP) is 1.58. The van der Waals surface area contributed by atoms with Gasteiger partial charge < -0.3 is 10.1 Å². The monoisotopic (exact) mass is 303 g/mol. The Morgan fingerprint density at radius 1 is 1.65 bits per heavy atom. The van der Waals surface area contributed by atoms with Crippen LogP contribution in [0.2, 0.25) is 0 Å². The van der Waals surface area contributed by atoms with E-state index in [1.807, 2.05) is 20.0 Å². The lowest BCUT2D eigenvalue weighted by atomic mass is 10.2. The molecular weight excluding hydrogens is 286 g/mol. The normalized spacial score (nSPS) is 12.8. The second-order valence-corrected chi connectivity index (χ2v) is 4.92. The van der Waals surface area contributed by atoms with E-state index in [0.29, 0.717) is 13.2 Å². The molecule has 96 valence electrons. The second-order valence-electron chi connectivity index (χ2n) is 4.01. The van der Waals surface area contributed by atoms with Gasteiger partial charge in [0.15, 0.2) is 0 Å². The number of hydrogen-bond acceptors (Lipinski definition) is 4. The lowest BCUT2D eigenvalue weighted by Gasteiger charge is -2.19. The van der Waals surface area contributed by atoms with E-state index >= 15 is 0 Å². The Morgan fingerprint density at radius 3 is 2.82 bits per heavy atom. The number of esters is 1. The van der Waals surface area contributed by atoms with Crippen molar-refractivity contribution in [1.29, 1.82) is 0 Å². The molecule has 17 heavy (non-hydrogen) atoms. The van der Waals surface area contributed by atoms with E-state index in [-0.39, 0.29) is 18.1 Å². The number of aromatic nitrogens is 2. The van der Waals surface area contributed by atoms with E-state index in [1.165, 1.54) is 0 Å². The van der Waals surface area contributed by atoms with Crippen LogP contribution in [0.3, 0.4) is 0 Å². The van der Waals surface area contributed by atoms with E-state index in [2.05, 4.69) is 26.3 Å². The molecule has 0 aliphatic carbocycles. The van der Waals surface area contributed by atoms with Crippen LogP contribution in [0.4, 0.5) is 0 Å². The third kappa shape index (κ3) is 4.87. The Balaban J connectivity index is 2.66. The molecule has 0 radical (unpaired) electrons.